The number of nitrogens with one attached hydrogen (secondary N) is 2. The number of hydrogen-bond donors (Lipinski definition) is 2. The summed E-state index contributed by atoms with van der Waals surface area (Å²) in [7, 11) is 1.13. The average Bonchev–Trinajstić information content (AvgIpc) is 3.13. The Morgan fingerprint density at radius 2 is 2.36 bits per heavy atom. The van der Waals surface area contributed by atoms with Gasteiger partial charge in [0, 0.05) is 58.8 Å². The Kier molecular flexibility index (Phi) is 12.3. The molecule has 1 saturated carbocycles. The fourth-order valence-electron chi connectivity index (χ4n) is 2.86. The van der Waals surface area contributed by atoms with Gasteiger partial charge in [0.25, 0.3) is 0 Å². The first-order valence-corrected chi connectivity index (χ1v) is 11.8. The van der Waals surface area contributed by atoms with Gasteiger partial charge >= 0.3 is 0 Å². The van der Waals surface area contributed by atoms with Gasteiger partial charge in [-0.2, -0.15) is 0 Å². The van der Waals surface area contributed by atoms with Gasteiger partial charge in [0.1, 0.15) is 4.34 Å². The third-order valence-corrected chi connectivity index (χ3v) is 7.89. The smallest absolute Gasteiger partial charge is 0.191 e. The van der Waals surface area contributed by atoms with Crippen LogP contribution in [0.2, 0.25) is 0 Å². The van der Waals surface area contributed by atoms with E-state index in [4.69, 9.17) is 0 Å². The summed E-state index contributed by atoms with van der Waals surface area (Å²) in [6.07, 6.45) is 7.28. The topological polar surface area (TPSA) is 66.4 Å². The summed E-state index contributed by atoms with van der Waals surface area (Å²) in [5, 5.41) is 9.24. The molecular formula is C16H29IN4OS3. The lowest BCUT2D eigenvalue weighted by molar-refractivity contribution is 0.413. The molecule has 144 valence electrons. The van der Waals surface area contributed by atoms with Gasteiger partial charge in [0.15, 0.2) is 5.96 Å². The third-order valence-electron chi connectivity index (χ3n) is 4.10. The van der Waals surface area contributed by atoms with Crippen molar-refractivity contribution in [3.63, 3.8) is 0 Å². The molecule has 0 bridgehead atoms. The molecule has 3 atom stereocenters. The predicted molar refractivity (Wildman–Crippen MR) is 122 cm³/mol. The zero-order valence-electron chi connectivity index (χ0n) is 14.9. The van der Waals surface area contributed by atoms with Crippen molar-refractivity contribution < 1.29 is 4.21 Å². The first-order valence-electron chi connectivity index (χ1n) is 8.59. The van der Waals surface area contributed by atoms with Gasteiger partial charge in [-0.25, -0.2) is 4.98 Å². The Morgan fingerprint density at radius 3 is 3.04 bits per heavy atom. The van der Waals surface area contributed by atoms with E-state index in [1.165, 1.54) is 0 Å². The first kappa shape index (κ1) is 23.2. The highest BCUT2D eigenvalue weighted by Crippen LogP contribution is 2.23. The van der Waals surface area contributed by atoms with Gasteiger partial charge in [-0.05, 0) is 25.7 Å². The molecule has 1 heterocycles. The zero-order valence-corrected chi connectivity index (χ0v) is 19.7. The SMILES string of the molecule is CCS(=O)C1CCCC(NC(=NC)NCCCSc2nccs2)C1.I. The minimum absolute atomic E-state index is 0. The number of rotatable bonds is 8. The molecule has 1 aliphatic rings. The van der Waals surface area contributed by atoms with E-state index in [1.807, 2.05) is 25.5 Å². The number of guanidine groups is 1. The minimum atomic E-state index is -0.682. The van der Waals surface area contributed by atoms with E-state index in [0.717, 1.165) is 60.5 Å². The number of thioether (sulfide) groups is 1. The summed E-state index contributed by atoms with van der Waals surface area (Å²) in [5.74, 6) is 2.68. The summed E-state index contributed by atoms with van der Waals surface area (Å²) in [4.78, 5) is 8.59. The number of nitrogens with zero attached hydrogens (tertiary/aromatic N) is 2. The lowest BCUT2D eigenvalue weighted by atomic mass is 9.95. The van der Waals surface area contributed by atoms with Crippen molar-refractivity contribution in [1.82, 2.24) is 15.6 Å². The molecule has 25 heavy (non-hydrogen) atoms. The average molecular weight is 517 g/mol. The summed E-state index contributed by atoms with van der Waals surface area (Å²) in [6.45, 7) is 2.91. The summed E-state index contributed by atoms with van der Waals surface area (Å²) in [6, 6.07) is 0.384. The molecule has 0 radical (unpaired) electrons. The van der Waals surface area contributed by atoms with E-state index in [-0.39, 0.29) is 24.0 Å². The highest BCUT2D eigenvalue weighted by Gasteiger charge is 2.25. The standard InChI is InChI=1S/C16H28N4OS3.HI/c1-3-24(21)14-7-4-6-13(12-14)20-15(17-2)18-8-5-10-22-16-19-9-11-23-16;/h9,11,13-14H,3-8,10,12H2,1-2H3,(H2,17,18,20);1H. The Morgan fingerprint density at radius 1 is 1.52 bits per heavy atom. The molecule has 2 rings (SSSR count). The van der Waals surface area contributed by atoms with Gasteiger partial charge in [-0.1, -0.05) is 25.1 Å². The van der Waals surface area contributed by atoms with Gasteiger partial charge in [-0.3, -0.25) is 9.20 Å². The van der Waals surface area contributed by atoms with E-state index in [2.05, 4.69) is 20.6 Å². The van der Waals surface area contributed by atoms with Crippen LogP contribution in [0.5, 0.6) is 0 Å². The van der Waals surface area contributed by atoms with Gasteiger partial charge in [0.2, 0.25) is 0 Å². The molecule has 0 spiro atoms. The van der Waals surface area contributed by atoms with Gasteiger partial charge < -0.3 is 10.6 Å². The molecule has 1 aromatic heterocycles. The van der Waals surface area contributed by atoms with E-state index in [1.54, 1.807) is 23.1 Å². The number of halogens is 1. The molecular weight excluding hydrogens is 487 g/mol. The molecule has 0 saturated heterocycles. The van der Waals surface area contributed by atoms with Crippen LogP contribution in [-0.2, 0) is 10.8 Å². The Hall–Kier alpha value is 0.130. The Labute approximate surface area is 179 Å². The quantitative estimate of drug-likeness (QED) is 0.182. The van der Waals surface area contributed by atoms with Crippen molar-refractivity contribution in [1.29, 1.82) is 0 Å². The number of hydrogen-bond acceptors (Lipinski definition) is 5. The lowest BCUT2D eigenvalue weighted by Crippen LogP contribution is -2.46. The molecule has 1 aromatic rings. The van der Waals surface area contributed by atoms with Crippen LogP contribution in [0.4, 0.5) is 0 Å². The van der Waals surface area contributed by atoms with E-state index in [0.29, 0.717) is 11.3 Å². The normalized spacial score (nSPS) is 22.1. The first-order chi connectivity index (χ1) is 11.7. The minimum Gasteiger partial charge on any atom is -0.356 e. The third kappa shape index (κ3) is 8.57. The second kappa shape index (κ2) is 13.3. The molecule has 1 fully saturated rings. The maximum atomic E-state index is 12.0. The Bertz CT molecular complexity index is 527. The second-order valence-corrected chi connectivity index (χ2v) is 10.0. The molecule has 1 aliphatic carbocycles. The maximum Gasteiger partial charge on any atom is 0.191 e. The van der Waals surface area contributed by atoms with Crippen LogP contribution in [0, 0.1) is 0 Å². The maximum absolute atomic E-state index is 12.0. The zero-order chi connectivity index (χ0) is 17.2. The predicted octanol–water partition coefficient (Wildman–Crippen LogP) is 3.49. The number of aliphatic imine (C=N–C) groups is 1. The van der Waals surface area contributed by atoms with Crippen molar-refractivity contribution in [2.24, 2.45) is 4.99 Å². The molecule has 0 aliphatic heterocycles. The fraction of sp³-hybridized carbons (Fsp3) is 0.750. The van der Waals surface area contributed by atoms with Crippen LogP contribution < -0.4 is 10.6 Å². The van der Waals surface area contributed by atoms with Crippen LogP contribution in [0.15, 0.2) is 20.9 Å². The molecule has 5 nitrogen and oxygen atoms in total. The lowest BCUT2D eigenvalue weighted by Gasteiger charge is -2.30. The molecule has 2 N–H and O–H groups in total. The fourth-order valence-corrected chi connectivity index (χ4v) is 5.85. The van der Waals surface area contributed by atoms with Crippen LogP contribution in [0.1, 0.15) is 39.0 Å². The molecule has 3 unspecified atom stereocenters. The monoisotopic (exact) mass is 516 g/mol. The largest absolute Gasteiger partial charge is 0.356 e. The molecule has 0 aromatic carbocycles. The van der Waals surface area contributed by atoms with Crippen molar-refractivity contribution in [3.05, 3.63) is 11.6 Å². The summed E-state index contributed by atoms with van der Waals surface area (Å²) < 4.78 is 13.2. The Balaban J connectivity index is 0.00000312. The molecule has 0 amide bonds. The van der Waals surface area contributed by atoms with Crippen LogP contribution >= 0.6 is 47.1 Å². The van der Waals surface area contributed by atoms with Crippen molar-refractivity contribution >= 4 is 63.8 Å². The number of thiazole rings is 1. The van der Waals surface area contributed by atoms with Crippen LogP contribution in [0.3, 0.4) is 0 Å². The van der Waals surface area contributed by atoms with E-state index < -0.39 is 10.8 Å². The molecule has 9 heteroatoms. The van der Waals surface area contributed by atoms with Crippen molar-refractivity contribution in [3.8, 4) is 0 Å². The van der Waals surface area contributed by atoms with E-state index in [9.17, 15) is 4.21 Å². The van der Waals surface area contributed by atoms with Gasteiger partial charge in [-0.15, -0.1) is 35.3 Å². The van der Waals surface area contributed by atoms with Gasteiger partial charge in [0.05, 0.1) is 0 Å². The van der Waals surface area contributed by atoms with Crippen LogP contribution in [-0.4, -0.2) is 51.5 Å². The van der Waals surface area contributed by atoms with Crippen molar-refractivity contribution in [2.75, 3.05) is 25.1 Å². The summed E-state index contributed by atoms with van der Waals surface area (Å²) >= 11 is 3.49. The van der Waals surface area contributed by atoms with Crippen molar-refractivity contribution in [2.45, 2.75) is 54.7 Å². The number of aromatic nitrogens is 1. The van der Waals surface area contributed by atoms with Crippen LogP contribution in [0.25, 0.3) is 0 Å². The second-order valence-electron chi connectivity index (χ2n) is 5.80. The summed E-state index contributed by atoms with van der Waals surface area (Å²) in [5.41, 5.74) is 0. The van der Waals surface area contributed by atoms with E-state index >= 15 is 0 Å². The highest BCUT2D eigenvalue weighted by atomic mass is 127. The highest BCUT2D eigenvalue weighted by molar-refractivity contribution is 14.0.